The monoisotopic (exact) mass is 192 g/mol. The van der Waals surface area contributed by atoms with Gasteiger partial charge in [-0.3, -0.25) is 0 Å². The number of benzene rings is 1. The van der Waals surface area contributed by atoms with Crippen molar-refractivity contribution >= 4 is 0 Å². The van der Waals surface area contributed by atoms with Gasteiger partial charge in [-0.2, -0.15) is 0 Å². The maximum atomic E-state index is 9.66. The standard InChI is InChI=1S/C12H16O2/c1-4-11(13)10-8-9(3)6-7-12(10)14-5-2/h4,6-8,11,13H,1,5H2,2-3H3. The summed E-state index contributed by atoms with van der Waals surface area (Å²) in [5, 5.41) is 9.66. The van der Waals surface area contributed by atoms with Crippen LogP contribution < -0.4 is 4.74 Å². The second-order valence-electron chi connectivity index (χ2n) is 3.15. The zero-order chi connectivity index (χ0) is 10.6. The summed E-state index contributed by atoms with van der Waals surface area (Å²) in [5.74, 6) is 0.727. The van der Waals surface area contributed by atoms with Crippen molar-refractivity contribution in [2.24, 2.45) is 0 Å². The average molecular weight is 192 g/mol. The molecule has 0 saturated heterocycles. The molecule has 0 amide bonds. The van der Waals surface area contributed by atoms with Crippen molar-refractivity contribution in [3.05, 3.63) is 42.0 Å². The molecule has 1 rings (SSSR count). The molecule has 0 aromatic heterocycles. The lowest BCUT2D eigenvalue weighted by Gasteiger charge is -2.13. The van der Waals surface area contributed by atoms with Crippen LogP contribution in [0.4, 0.5) is 0 Å². The number of aliphatic hydroxyl groups is 1. The van der Waals surface area contributed by atoms with Crippen molar-refractivity contribution in [1.82, 2.24) is 0 Å². The fourth-order valence-electron chi connectivity index (χ4n) is 1.31. The third-order valence-corrected chi connectivity index (χ3v) is 2.01. The molecule has 1 aromatic rings. The Bertz CT molecular complexity index is 318. The van der Waals surface area contributed by atoms with E-state index in [0.29, 0.717) is 6.61 Å². The molecule has 1 N–H and O–H groups in total. The van der Waals surface area contributed by atoms with E-state index in [9.17, 15) is 5.11 Å². The summed E-state index contributed by atoms with van der Waals surface area (Å²) in [5.41, 5.74) is 1.88. The predicted molar refractivity (Wildman–Crippen MR) is 57.5 cm³/mol. The molecule has 2 nitrogen and oxygen atoms in total. The van der Waals surface area contributed by atoms with E-state index in [4.69, 9.17) is 4.74 Å². The molecule has 0 saturated carbocycles. The Morgan fingerprint density at radius 2 is 2.29 bits per heavy atom. The lowest BCUT2D eigenvalue weighted by atomic mass is 10.1. The Labute approximate surface area is 84.8 Å². The minimum Gasteiger partial charge on any atom is -0.493 e. The number of hydrogen-bond donors (Lipinski definition) is 1. The van der Waals surface area contributed by atoms with Crippen molar-refractivity contribution in [2.45, 2.75) is 20.0 Å². The van der Waals surface area contributed by atoms with Gasteiger partial charge in [0.25, 0.3) is 0 Å². The van der Waals surface area contributed by atoms with Gasteiger partial charge in [-0.05, 0) is 26.0 Å². The summed E-state index contributed by atoms with van der Waals surface area (Å²) in [6, 6.07) is 5.75. The largest absolute Gasteiger partial charge is 0.493 e. The van der Waals surface area contributed by atoms with Crippen LogP contribution in [0.5, 0.6) is 5.75 Å². The fourth-order valence-corrected chi connectivity index (χ4v) is 1.31. The van der Waals surface area contributed by atoms with Crippen LogP contribution in [0.2, 0.25) is 0 Å². The summed E-state index contributed by atoms with van der Waals surface area (Å²) in [6.07, 6.45) is 0.841. The molecule has 1 atom stereocenters. The zero-order valence-electron chi connectivity index (χ0n) is 8.66. The smallest absolute Gasteiger partial charge is 0.125 e. The topological polar surface area (TPSA) is 29.5 Å². The van der Waals surface area contributed by atoms with Gasteiger partial charge in [0.1, 0.15) is 11.9 Å². The zero-order valence-corrected chi connectivity index (χ0v) is 8.66. The number of aliphatic hydroxyl groups excluding tert-OH is 1. The molecular weight excluding hydrogens is 176 g/mol. The summed E-state index contributed by atoms with van der Waals surface area (Å²) >= 11 is 0. The SMILES string of the molecule is C=CC(O)c1cc(C)ccc1OCC. The number of rotatable bonds is 4. The number of hydrogen-bond acceptors (Lipinski definition) is 2. The molecule has 1 unspecified atom stereocenters. The lowest BCUT2D eigenvalue weighted by molar-refractivity contribution is 0.220. The Kier molecular flexibility index (Phi) is 3.72. The van der Waals surface area contributed by atoms with Crippen LogP contribution in [0, 0.1) is 6.92 Å². The molecule has 0 aliphatic carbocycles. The van der Waals surface area contributed by atoms with Crippen LogP contribution in [0.1, 0.15) is 24.2 Å². The summed E-state index contributed by atoms with van der Waals surface area (Å²) < 4.78 is 5.41. The predicted octanol–water partition coefficient (Wildman–Crippen LogP) is 2.61. The highest BCUT2D eigenvalue weighted by atomic mass is 16.5. The minimum absolute atomic E-state index is 0.597. The summed E-state index contributed by atoms with van der Waals surface area (Å²) in [6.45, 7) is 8.06. The van der Waals surface area contributed by atoms with E-state index < -0.39 is 6.10 Å². The van der Waals surface area contributed by atoms with Crippen LogP contribution in [-0.4, -0.2) is 11.7 Å². The van der Waals surface area contributed by atoms with Gasteiger partial charge in [0.15, 0.2) is 0 Å². The van der Waals surface area contributed by atoms with Crippen LogP contribution in [0.25, 0.3) is 0 Å². The molecule has 14 heavy (non-hydrogen) atoms. The van der Waals surface area contributed by atoms with Crippen LogP contribution in [0.15, 0.2) is 30.9 Å². The van der Waals surface area contributed by atoms with E-state index in [1.165, 1.54) is 6.08 Å². The van der Waals surface area contributed by atoms with E-state index in [2.05, 4.69) is 6.58 Å². The molecule has 0 heterocycles. The Morgan fingerprint density at radius 3 is 2.86 bits per heavy atom. The summed E-state index contributed by atoms with van der Waals surface area (Å²) in [4.78, 5) is 0. The first-order valence-corrected chi connectivity index (χ1v) is 4.73. The molecule has 0 spiro atoms. The van der Waals surface area contributed by atoms with Crippen molar-refractivity contribution in [1.29, 1.82) is 0 Å². The fraction of sp³-hybridized carbons (Fsp3) is 0.333. The van der Waals surface area contributed by atoms with Gasteiger partial charge in [-0.25, -0.2) is 0 Å². The molecule has 1 aromatic carbocycles. The highest BCUT2D eigenvalue weighted by Crippen LogP contribution is 2.26. The molecule has 0 bridgehead atoms. The highest BCUT2D eigenvalue weighted by Gasteiger charge is 2.09. The quantitative estimate of drug-likeness (QED) is 0.743. The molecule has 0 aliphatic heterocycles. The first-order valence-electron chi connectivity index (χ1n) is 4.73. The average Bonchev–Trinajstić information content (AvgIpc) is 2.20. The number of ether oxygens (including phenoxy) is 1. The Morgan fingerprint density at radius 1 is 1.57 bits per heavy atom. The first-order chi connectivity index (χ1) is 6.69. The highest BCUT2D eigenvalue weighted by molar-refractivity contribution is 5.39. The van der Waals surface area contributed by atoms with Gasteiger partial charge in [0.05, 0.1) is 6.61 Å². The van der Waals surface area contributed by atoms with E-state index in [1.54, 1.807) is 0 Å². The molecule has 0 fully saturated rings. The van der Waals surface area contributed by atoms with Gasteiger partial charge >= 0.3 is 0 Å². The minimum atomic E-state index is -0.656. The van der Waals surface area contributed by atoms with Crippen LogP contribution in [-0.2, 0) is 0 Å². The molecule has 2 heteroatoms. The number of aryl methyl sites for hydroxylation is 1. The second kappa shape index (κ2) is 4.82. The first kappa shape index (κ1) is 10.8. The molecule has 76 valence electrons. The van der Waals surface area contributed by atoms with Crippen molar-refractivity contribution in [3.63, 3.8) is 0 Å². The lowest BCUT2D eigenvalue weighted by Crippen LogP contribution is -2.00. The van der Waals surface area contributed by atoms with Crippen molar-refractivity contribution in [2.75, 3.05) is 6.61 Å². The van der Waals surface area contributed by atoms with Gasteiger partial charge < -0.3 is 9.84 Å². The van der Waals surface area contributed by atoms with E-state index in [1.807, 2.05) is 32.0 Å². The van der Waals surface area contributed by atoms with E-state index >= 15 is 0 Å². The van der Waals surface area contributed by atoms with Gasteiger partial charge in [0, 0.05) is 5.56 Å². The van der Waals surface area contributed by atoms with Crippen molar-refractivity contribution < 1.29 is 9.84 Å². The van der Waals surface area contributed by atoms with Gasteiger partial charge in [-0.15, -0.1) is 6.58 Å². The maximum Gasteiger partial charge on any atom is 0.125 e. The maximum absolute atomic E-state index is 9.66. The third kappa shape index (κ3) is 2.36. The van der Waals surface area contributed by atoms with E-state index in [-0.39, 0.29) is 0 Å². The van der Waals surface area contributed by atoms with Gasteiger partial charge in [0.2, 0.25) is 0 Å². The van der Waals surface area contributed by atoms with Crippen molar-refractivity contribution in [3.8, 4) is 5.75 Å². The van der Waals surface area contributed by atoms with Crippen LogP contribution >= 0.6 is 0 Å². The van der Waals surface area contributed by atoms with Gasteiger partial charge in [-0.1, -0.05) is 17.7 Å². The normalized spacial score (nSPS) is 12.2. The molecule has 0 aliphatic rings. The van der Waals surface area contributed by atoms with E-state index in [0.717, 1.165) is 16.9 Å². The molecular formula is C12H16O2. The summed E-state index contributed by atoms with van der Waals surface area (Å²) in [7, 11) is 0. The second-order valence-corrected chi connectivity index (χ2v) is 3.15. The molecule has 0 radical (unpaired) electrons. The van der Waals surface area contributed by atoms with Crippen LogP contribution in [0.3, 0.4) is 0 Å². The Hall–Kier alpha value is -1.28. The third-order valence-electron chi connectivity index (χ3n) is 2.01. The Balaban J connectivity index is 3.08.